The molecular formula is C18H18BrN3O2. The van der Waals surface area contributed by atoms with Gasteiger partial charge in [-0.05, 0) is 18.2 Å². The van der Waals surface area contributed by atoms with Crippen molar-refractivity contribution in [2.45, 2.75) is 0 Å². The molecular weight excluding hydrogens is 370 g/mol. The first-order chi connectivity index (χ1) is 11.7. The summed E-state index contributed by atoms with van der Waals surface area (Å²) in [4.78, 5) is 11.1. The van der Waals surface area contributed by atoms with Gasteiger partial charge in [0, 0.05) is 28.5 Å². The molecule has 3 rings (SSSR count). The molecule has 0 amide bonds. The summed E-state index contributed by atoms with van der Waals surface area (Å²) in [5.41, 5.74) is 2.65. The lowest BCUT2D eigenvalue weighted by atomic mass is 10.1. The lowest BCUT2D eigenvalue weighted by Crippen LogP contribution is -2.31. The highest BCUT2D eigenvalue weighted by Gasteiger charge is 2.14. The van der Waals surface area contributed by atoms with E-state index in [1.165, 1.54) is 0 Å². The number of hydrogen-bond donors (Lipinski definition) is 2. The van der Waals surface area contributed by atoms with Crippen LogP contribution in [0.15, 0.2) is 53.0 Å². The first kappa shape index (κ1) is 16.8. The number of anilines is 1. The third-order valence-electron chi connectivity index (χ3n) is 3.72. The average molecular weight is 388 g/mol. The Balaban J connectivity index is 2.21. The molecule has 2 aromatic carbocycles. The van der Waals surface area contributed by atoms with Gasteiger partial charge in [0.15, 0.2) is 0 Å². The first-order valence-corrected chi connectivity index (χ1v) is 8.51. The standard InChI is InChI=1S/C18H18BrN3O2/c19-14-6-7-16-15(12-14)17(13-4-2-1-3-5-13)21-18(20-16)22(8-10-23)9-11-24/h1-7,12,23-24H,8-11H2. The van der Waals surface area contributed by atoms with Gasteiger partial charge >= 0.3 is 0 Å². The summed E-state index contributed by atoms with van der Waals surface area (Å²) in [6.45, 7) is 0.693. The third kappa shape index (κ3) is 3.56. The summed E-state index contributed by atoms with van der Waals surface area (Å²) in [5.74, 6) is 0.506. The van der Waals surface area contributed by atoms with Gasteiger partial charge in [-0.2, -0.15) is 0 Å². The normalized spacial score (nSPS) is 11.0. The maximum atomic E-state index is 9.28. The molecule has 0 bridgehead atoms. The van der Waals surface area contributed by atoms with Gasteiger partial charge in [0.05, 0.1) is 24.4 Å². The number of hydrogen-bond acceptors (Lipinski definition) is 5. The Kier molecular flexibility index (Phi) is 5.40. The number of halogens is 1. The fraction of sp³-hybridized carbons (Fsp3) is 0.222. The van der Waals surface area contributed by atoms with Crippen LogP contribution in [0.5, 0.6) is 0 Å². The molecule has 1 aromatic heterocycles. The van der Waals surface area contributed by atoms with E-state index in [0.29, 0.717) is 19.0 Å². The van der Waals surface area contributed by atoms with Crippen molar-refractivity contribution in [3.8, 4) is 11.3 Å². The molecule has 0 aliphatic rings. The van der Waals surface area contributed by atoms with E-state index >= 15 is 0 Å². The second-order valence-electron chi connectivity index (χ2n) is 5.33. The maximum Gasteiger partial charge on any atom is 0.226 e. The summed E-state index contributed by atoms with van der Waals surface area (Å²) in [5, 5.41) is 19.5. The monoisotopic (exact) mass is 387 g/mol. The van der Waals surface area contributed by atoms with E-state index in [-0.39, 0.29) is 13.2 Å². The van der Waals surface area contributed by atoms with Crippen molar-refractivity contribution in [1.82, 2.24) is 9.97 Å². The Bertz CT molecular complexity index is 821. The van der Waals surface area contributed by atoms with E-state index in [1.54, 1.807) is 4.90 Å². The fourth-order valence-electron chi connectivity index (χ4n) is 2.60. The zero-order chi connectivity index (χ0) is 16.9. The van der Waals surface area contributed by atoms with Crippen molar-refractivity contribution in [1.29, 1.82) is 0 Å². The van der Waals surface area contributed by atoms with E-state index in [1.807, 2.05) is 48.5 Å². The smallest absolute Gasteiger partial charge is 0.226 e. The van der Waals surface area contributed by atoms with E-state index < -0.39 is 0 Å². The minimum atomic E-state index is -0.0254. The molecule has 24 heavy (non-hydrogen) atoms. The molecule has 0 saturated heterocycles. The Morgan fingerprint density at radius 3 is 2.29 bits per heavy atom. The quantitative estimate of drug-likeness (QED) is 0.680. The molecule has 0 unspecified atom stereocenters. The van der Waals surface area contributed by atoms with Crippen molar-refractivity contribution in [2.24, 2.45) is 0 Å². The van der Waals surface area contributed by atoms with Gasteiger partial charge < -0.3 is 15.1 Å². The van der Waals surface area contributed by atoms with Gasteiger partial charge in [0.2, 0.25) is 5.95 Å². The molecule has 0 fully saturated rings. The molecule has 1 heterocycles. The summed E-state index contributed by atoms with van der Waals surface area (Å²) in [6, 6.07) is 15.8. The molecule has 124 valence electrons. The van der Waals surface area contributed by atoms with Gasteiger partial charge in [-0.15, -0.1) is 0 Å². The van der Waals surface area contributed by atoms with Gasteiger partial charge in [-0.1, -0.05) is 46.3 Å². The maximum absolute atomic E-state index is 9.28. The number of fused-ring (bicyclic) bond motifs is 1. The van der Waals surface area contributed by atoms with Crippen LogP contribution in [0.1, 0.15) is 0 Å². The summed E-state index contributed by atoms with van der Waals surface area (Å²) >= 11 is 3.50. The topological polar surface area (TPSA) is 69.5 Å². The minimum Gasteiger partial charge on any atom is -0.395 e. The van der Waals surface area contributed by atoms with Crippen LogP contribution in [-0.4, -0.2) is 46.5 Å². The van der Waals surface area contributed by atoms with Crippen molar-refractivity contribution >= 4 is 32.8 Å². The van der Waals surface area contributed by atoms with Crippen LogP contribution in [0.4, 0.5) is 5.95 Å². The Morgan fingerprint density at radius 1 is 0.917 bits per heavy atom. The Hall–Kier alpha value is -2.02. The van der Waals surface area contributed by atoms with Crippen molar-refractivity contribution in [3.05, 3.63) is 53.0 Å². The van der Waals surface area contributed by atoms with Gasteiger partial charge in [-0.25, -0.2) is 9.97 Å². The van der Waals surface area contributed by atoms with Crippen LogP contribution < -0.4 is 4.90 Å². The second kappa shape index (κ2) is 7.70. The van der Waals surface area contributed by atoms with E-state index in [2.05, 4.69) is 20.9 Å². The van der Waals surface area contributed by atoms with Crippen LogP contribution in [0.3, 0.4) is 0 Å². The van der Waals surface area contributed by atoms with E-state index in [4.69, 9.17) is 4.98 Å². The largest absolute Gasteiger partial charge is 0.395 e. The molecule has 0 radical (unpaired) electrons. The van der Waals surface area contributed by atoms with Crippen LogP contribution in [-0.2, 0) is 0 Å². The number of rotatable bonds is 6. The predicted molar refractivity (Wildman–Crippen MR) is 99.1 cm³/mol. The van der Waals surface area contributed by atoms with Crippen molar-refractivity contribution in [2.75, 3.05) is 31.2 Å². The third-order valence-corrected chi connectivity index (χ3v) is 4.21. The Morgan fingerprint density at radius 2 is 1.62 bits per heavy atom. The zero-order valence-electron chi connectivity index (χ0n) is 13.1. The summed E-state index contributed by atoms with van der Waals surface area (Å²) in [6.07, 6.45) is 0. The SMILES string of the molecule is OCCN(CCO)c1nc(-c2ccccc2)c2cc(Br)ccc2n1. The number of nitrogens with zero attached hydrogens (tertiary/aromatic N) is 3. The van der Waals surface area contributed by atoms with E-state index in [0.717, 1.165) is 26.6 Å². The lowest BCUT2D eigenvalue weighted by molar-refractivity contribution is 0.280. The molecule has 2 N–H and O–H groups in total. The fourth-order valence-corrected chi connectivity index (χ4v) is 2.96. The van der Waals surface area contributed by atoms with Gasteiger partial charge in [0.25, 0.3) is 0 Å². The summed E-state index contributed by atoms with van der Waals surface area (Å²) in [7, 11) is 0. The Labute approximate surface area is 148 Å². The van der Waals surface area contributed by atoms with Gasteiger partial charge in [-0.3, -0.25) is 0 Å². The number of aromatic nitrogens is 2. The first-order valence-electron chi connectivity index (χ1n) is 7.72. The minimum absolute atomic E-state index is 0.0254. The predicted octanol–water partition coefficient (Wildman–Crippen LogP) is 2.85. The highest BCUT2D eigenvalue weighted by Crippen LogP contribution is 2.30. The summed E-state index contributed by atoms with van der Waals surface area (Å²) < 4.78 is 0.964. The van der Waals surface area contributed by atoms with Crippen LogP contribution in [0, 0.1) is 0 Å². The molecule has 0 saturated carbocycles. The molecule has 0 spiro atoms. The molecule has 3 aromatic rings. The van der Waals surface area contributed by atoms with Crippen molar-refractivity contribution in [3.63, 3.8) is 0 Å². The number of aliphatic hydroxyl groups is 2. The highest BCUT2D eigenvalue weighted by atomic mass is 79.9. The van der Waals surface area contributed by atoms with Crippen LogP contribution in [0.25, 0.3) is 22.2 Å². The number of benzene rings is 2. The molecule has 5 nitrogen and oxygen atoms in total. The van der Waals surface area contributed by atoms with Gasteiger partial charge in [0.1, 0.15) is 0 Å². The lowest BCUT2D eigenvalue weighted by Gasteiger charge is -2.22. The molecule has 6 heteroatoms. The number of aliphatic hydroxyl groups excluding tert-OH is 2. The second-order valence-corrected chi connectivity index (χ2v) is 6.25. The molecule has 0 aliphatic heterocycles. The molecule has 0 atom stereocenters. The van der Waals surface area contributed by atoms with Crippen LogP contribution in [0.2, 0.25) is 0 Å². The highest BCUT2D eigenvalue weighted by molar-refractivity contribution is 9.10. The zero-order valence-corrected chi connectivity index (χ0v) is 14.6. The van der Waals surface area contributed by atoms with Crippen LogP contribution >= 0.6 is 15.9 Å². The average Bonchev–Trinajstić information content (AvgIpc) is 2.61. The molecule has 0 aliphatic carbocycles. The van der Waals surface area contributed by atoms with E-state index in [9.17, 15) is 10.2 Å². The van der Waals surface area contributed by atoms with Crippen molar-refractivity contribution < 1.29 is 10.2 Å².